The SMILES string of the molecule is CCC(C)C(NC(=O)C(Cc1cnc[nH]1)NC(=O)C(CCCN=C(N)N)NC(=O)C1CCCN1)C(=O)O. The van der Waals surface area contributed by atoms with Gasteiger partial charge in [0, 0.05) is 24.9 Å². The van der Waals surface area contributed by atoms with Crippen molar-refractivity contribution in [2.75, 3.05) is 13.1 Å². The molecule has 1 saturated heterocycles. The van der Waals surface area contributed by atoms with Gasteiger partial charge in [0.2, 0.25) is 17.7 Å². The molecule has 0 aromatic carbocycles. The molecule has 0 aliphatic carbocycles. The van der Waals surface area contributed by atoms with E-state index < -0.39 is 42.0 Å². The number of aliphatic imine (C=N–C) groups is 1. The molecular formula is C23H39N9O5. The minimum Gasteiger partial charge on any atom is -0.480 e. The fraction of sp³-hybridized carbons (Fsp3) is 0.652. The lowest BCUT2D eigenvalue weighted by molar-refractivity contribution is -0.143. The van der Waals surface area contributed by atoms with Gasteiger partial charge in [0.1, 0.15) is 18.1 Å². The van der Waals surface area contributed by atoms with Gasteiger partial charge in [-0.25, -0.2) is 9.78 Å². The number of carboxylic acid groups (broad SMARTS) is 1. The zero-order valence-corrected chi connectivity index (χ0v) is 21.3. The summed E-state index contributed by atoms with van der Waals surface area (Å²) in [6.45, 7) is 4.52. The third kappa shape index (κ3) is 9.71. The number of amides is 3. The fourth-order valence-corrected chi connectivity index (χ4v) is 3.99. The summed E-state index contributed by atoms with van der Waals surface area (Å²) >= 11 is 0. The average molecular weight is 522 g/mol. The Hall–Kier alpha value is -3.68. The van der Waals surface area contributed by atoms with Crippen LogP contribution in [-0.4, -0.2) is 82.0 Å². The monoisotopic (exact) mass is 521 g/mol. The van der Waals surface area contributed by atoms with Crippen LogP contribution < -0.4 is 32.7 Å². The van der Waals surface area contributed by atoms with E-state index in [1.54, 1.807) is 6.92 Å². The van der Waals surface area contributed by atoms with Gasteiger partial charge in [-0.15, -0.1) is 0 Å². The molecule has 1 aromatic rings. The molecule has 1 aliphatic rings. The van der Waals surface area contributed by atoms with Gasteiger partial charge in [0.25, 0.3) is 0 Å². The Bertz CT molecular complexity index is 927. The maximum absolute atomic E-state index is 13.3. The summed E-state index contributed by atoms with van der Waals surface area (Å²) in [6.07, 6.45) is 5.67. The van der Waals surface area contributed by atoms with Crippen molar-refractivity contribution in [2.45, 2.75) is 76.5 Å². The van der Waals surface area contributed by atoms with Crippen LogP contribution in [0.3, 0.4) is 0 Å². The predicted molar refractivity (Wildman–Crippen MR) is 136 cm³/mol. The molecule has 37 heavy (non-hydrogen) atoms. The van der Waals surface area contributed by atoms with E-state index in [0.29, 0.717) is 31.5 Å². The van der Waals surface area contributed by atoms with Crippen LogP contribution in [0.15, 0.2) is 17.5 Å². The van der Waals surface area contributed by atoms with Crippen molar-refractivity contribution < 1.29 is 24.3 Å². The van der Waals surface area contributed by atoms with E-state index in [1.807, 2.05) is 6.92 Å². The summed E-state index contributed by atoms with van der Waals surface area (Å²) in [5, 5.41) is 20.7. The summed E-state index contributed by atoms with van der Waals surface area (Å²) in [7, 11) is 0. The number of carbonyl (C=O) groups excluding carboxylic acids is 3. The van der Waals surface area contributed by atoms with Crippen LogP contribution in [0.4, 0.5) is 0 Å². The topological polar surface area (TPSA) is 230 Å². The van der Waals surface area contributed by atoms with Crippen molar-refractivity contribution in [3.63, 3.8) is 0 Å². The molecule has 0 saturated carbocycles. The van der Waals surface area contributed by atoms with E-state index in [9.17, 15) is 24.3 Å². The highest BCUT2D eigenvalue weighted by atomic mass is 16.4. The van der Waals surface area contributed by atoms with E-state index in [0.717, 1.165) is 6.42 Å². The Kier molecular flexibility index (Phi) is 11.8. The van der Waals surface area contributed by atoms with Gasteiger partial charge >= 0.3 is 5.97 Å². The molecule has 2 heterocycles. The van der Waals surface area contributed by atoms with Crippen molar-refractivity contribution >= 4 is 29.7 Å². The minimum atomic E-state index is -1.16. The lowest BCUT2D eigenvalue weighted by atomic mass is 9.98. The maximum Gasteiger partial charge on any atom is 0.326 e. The molecule has 5 unspecified atom stereocenters. The smallest absolute Gasteiger partial charge is 0.326 e. The first-order chi connectivity index (χ1) is 17.6. The van der Waals surface area contributed by atoms with Gasteiger partial charge in [-0.05, 0) is 38.1 Å². The maximum atomic E-state index is 13.3. The van der Waals surface area contributed by atoms with Crippen LogP contribution in [0.25, 0.3) is 0 Å². The van der Waals surface area contributed by atoms with E-state index >= 15 is 0 Å². The largest absolute Gasteiger partial charge is 0.480 e. The van der Waals surface area contributed by atoms with Crippen LogP contribution in [0, 0.1) is 5.92 Å². The third-order valence-electron chi connectivity index (χ3n) is 6.34. The van der Waals surface area contributed by atoms with E-state index in [2.05, 4.69) is 36.2 Å². The number of rotatable bonds is 15. The molecule has 206 valence electrons. The molecular weight excluding hydrogens is 482 g/mol. The molecule has 0 radical (unpaired) electrons. The van der Waals surface area contributed by atoms with Crippen molar-refractivity contribution in [2.24, 2.45) is 22.4 Å². The van der Waals surface area contributed by atoms with Gasteiger partial charge in [-0.3, -0.25) is 19.4 Å². The number of aliphatic carboxylic acids is 1. The van der Waals surface area contributed by atoms with Crippen LogP contribution >= 0.6 is 0 Å². The highest BCUT2D eigenvalue weighted by Crippen LogP contribution is 2.10. The molecule has 3 amide bonds. The second-order valence-corrected chi connectivity index (χ2v) is 9.21. The second kappa shape index (κ2) is 14.8. The number of aromatic amines is 1. The number of nitrogens with zero attached hydrogens (tertiary/aromatic N) is 2. The van der Waals surface area contributed by atoms with Crippen molar-refractivity contribution in [1.82, 2.24) is 31.2 Å². The Labute approximate surface area is 215 Å². The number of carboxylic acids is 1. The standard InChI is InChI=1S/C23H39N9O5/c1-3-13(2)18(22(36)37)32-21(35)17(10-14-11-26-12-29-14)31-20(34)16(7-5-9-28-23(24)25)30-19(33)15-6-4-8-27-15/h11-13,15-18,27H,3-10H2,1-2H3,(H,26,29)(H,30,33)(H,31,34)(H,32,35)(H,36,37)(H4,24,25,28). The van der Waals surface area contributed by atoms with E-state index in [4.69, 9.17) is 11.5 Å². The van der Waals surface area contributed by atoms with Crippen molar-refractivity contribution in [3.8, 4) is 0 Å². The minimum absolute atomic E-state index is 0.0449. The fourth-order valence-electron chi connectivity index (χ4n) is 3.99. The van der Waals surface area contributed by atoms with Crippen molar-refractivity contribution in [1.29, 1.82) is 0 Å². The Morgan fingerprint density at radius 1 is 1.19 bits per heavy atom. The number of nitrogens with two attached hydrogens (primary N) is 2. The van der Waals surface area contributed by atoms with Crippen LogP contribution in [0.2, 0.25) is 0 Å². The third-order valence-corrected chi connectivity index (χ3v) is 6.34. The normalized spacial score (nSPS) is 18.2. The number of H-pyrrole nitrogens is 1. The highest BCUT2D eigenvalue weighted by molar-refractivity contribution is 5.94. The number of guanidine groups is 1. The molecule has 1 aromatic heterocycles. The first-order valence-electron chi connectivity index (χ1n) is 12.5. The molecule has 0 bridgehead atoms. The number of hydrogen-bond acceptors (Lipinski definition) is 7. The zero-order chi connectivity index (χ0) is 27.4. The van der Waals surface area contributed by atoms with Crippen LogP contribution in [-0.2, 0) is 25.6 Å². The summed E-state index contributed by atoms with van der Waals surface area (Å²) in [5.41, 5.74) is 11.3. The van der Waals surface area contributed by atoms with Crippen LogP contribution in [0.5, 0.6) is 0 Å². The first kappa shape index (κ1) is 29.5. The number of hydrogen-bond donors (Lipinski definition) is 8. The van der Waals surface area contributed by atoms with Gasteiger partial charge in [-0.2, -0.15) is 0 Å². The molecule has 14 nitrogen and oxygen atoms in total. The number of aromatic nitrogens is 2. The van der Waals surface area contributed by atoms with E-state index in [1.165, 1.54) is 12.5 Å². The number of nitrogens with one attached hydrogen (secondary N) is 5. The van der Waals surface area contributed by atoms with Crippen molar-refractivity contribution in [3.05, 3.63) is 18.2 Å². The highest BCUT2D eigenvalue weighted by Gasteiger charge is 2.32. The summed E-state index contributed by atoms with van der Waals surface area (Å²) in [6, 6.07) is -3.59. The molecule has 0 spiro atoms. The summed E-state index contributed by atoms with van der Waals surface area (Å²) in [4.78, 5) is 61.7. The zero-order valence-electron chi connectivity index (χ0n) is 21.3. The Morgan fingerprint density at radius 3 is 2.49 bits per heavy atom. The Morgan fingerprint density at radius 2 is 1.92 bits per heavy atom. The average Bonchev–Trinajstić information content (AvgIpc) is 3.57. The lowest BCUT2D eigenvalue weighted by Gasteiger charge is -2.26. The van der Waals surface area contributed by atoms with E-state index in [-0.39, 0.29) is 37.2 Å². The molecule has 1 aliphatic heterocycles. The van der Waals surface area contributed by atoms with Gasteiger partial charge in [0.15, 0.2) is 5.96 Å². The number of imidazole rings is 1. The lowest BCUT2D eigenvalue weighted by Crippen LogP contribution is -2.58. The molecule has 10 N–H and O–H groups in total. The summed E-state index contributed by atoms with van der Waals surface area (Å²) < 4.78 is 0. The first-order valence-corrected chi connectivity index (χ1v) is 12.5. The molecule has 5 atom stereocenters. The molecule has 14 heteroatoms. The molecule has 1 fully saturated rings. The quantitative estimate of drug-likeness (QED) is 0.0749. The second-order valence-electron chi connectivity index (χ2n) is 9.21. The van der Waals surface area contributed by atoms with Gasteiger partial charge in [0.05, 0.1) is 12.4 Å². The predicted octanol–water partition coefficient (Wildman–Crippen LogP) is -1.66. The molecule has 2 rings (SSSR count). The summed E-state index contributed by atoms with van der Waals surface area (Å²) in [5.74, 6) is -3.11. The van der Waals surface area contributed by atoms with Gasteiger partial charge < -0.3 is 42.8 Å². The van der Waals surface area contributed by atoms with Gasteiger partial charge in [-0.1, -0.05) is 20.3 Å². The number of carbonyl (C=O) groups is 4. The van der Waals surface area contributed by atoms with Crippen LogP contribution in [0.1, 0.15) is 51.6 Å². The Balaban J connectivity index is 2.18.